The van der Waals surface area contributed by atoms with E-state index in [1.807, 2.05) is 25.3 Å². The molecule has 0 radical (unpaired) electrons. The summed E-state index contributed by atoms with van der Waals surface area (Å²) in [4.78, 5) is 6.90. The molecule has 0 fully saturated rings. The molecule has 7 nitrogen and oxygen atoms in total. The van der Waals surface area contributed by atoms with Crippen LogP contribution in [0.25, 0.3) is 0 Å². The summed E-state index contributed by atoms with van der Waals surface area (Å²) >= 11 is 1.57. The van der Waals surface area contributed by atoms with Crippen LogP contribution in [0.15, 0.2) is 35.5 Å². The van der Waals surface area contributed by atoms with E-state index in [1.54, 1.807) is 26.0 Å². The monoisotopic (exact) mass is 401 g/mol. The lowest BCUT2D eigenvalue weighted by Crippen LogP contribution is -2.37. The van der Waals surface area contributed by atoms with Crippen molar-refractivity contribution in [3.05, 3.63) is 47.7 Å². The van der Waals surface area contributed by atoms with Gasteiger partial charge in [0.1, 0.15) is 16.5 Å². The second-order valence-electron chi connectivity index (χ2n) is 6.71. The number of ether oxygens (including phenoxy) is 2. The number of rotatable bonds is 6. The Bertz CT molecular complexity index is 893. The summed E-state index contributed by atoms with van der Waals surface area (Å²) in [5.74, 6) is 3.40. The van der Waals surface area contributed by atoms with Gasteiger partial charge in [0.05, 0.1) is 20.3 Å². The molecule has 150 valence electrons. The Morgan fingerprint density at radius 1 is 1.29 bits per heavy atom. The molecule has 0 unspecified atom stereocenters. The van der Waals surface area contributed by atoms with Crippen molar-refractivity contribution >= 4 is 16.8 Å². The summed E-state index contributed by atoms with van der Waals surface area (Å²) < 4.78 is 13.0. The minimum Gasteiger partial charge on any atom is -0.497 e. The first kappa shape index (κ1) is 20.4. The highest BCUT2D eigenvalue weighted by atomic mass is 32.2. The molecule has 0 N–H and O–H groups in total. The van der Waals surface area contributed by atoms with E-state index in [4.69, 9.17) is 9.47 Å². The van der Waals surface area contributed by atoms with Crippen molar-refractivity contribution < 1.29 is 9.47 Å². The Balaban J connectivity index is 1.85. The molecule has 0 bridgehead atoms. The topological polar surface area (TPSA) is 64.8 Å². The molecule has 1 atom stereocenters. The van der Waals surface area contributed by atoms with Crippen molar-refractivity contribution in [3.8, 4) is 11.5 Å². The van der Waals surface area contributed by atoms with E-state index in [9.17, 15) is 0 Å². The molecule has 28 heavy (non-hydrogen) atoms. The zero-order chi connectivity index (χ0) is 20.3. The maximum Gasteiger partial charge on any atom is 0.189 e. The lowest BCUT2D eigenvalue weighted by atomic mass is 10.1. The summed E-state index contributed by atoms with van der Waals surface area (Å²) in [6, 6.07) is 6.07. The van der Waals surface area contributed by atoms with Crippen LogP contribution in [0.1, 0.15) is 37.1 Å². The van der Waals surface area contributed by atoms with Gasteiger partial charge in [-0.1, -0.05) is 12.6 Å². The minimum atomic E-state index is 0.134. The van der Waals surface area contributed by atoms with Gasteiger partial charge in [0.15, 0.2) is 11.6 Å². The third kappa shape index (κ3) is 4.07. The molecule has 0 saturated heterocycles. The molecular weight excluding hydrogens is 374 g/mol. The van der Waals surface area contributed by atoms with E-state index >= 15 is 0 Å². The predicted molar refractivity (Wildman–Crippen MR) is 113 cm³/mol. The molecule has 1 aromatic carbocycles. The maximum atomic E-state index is 5.55. The first-order chi connectivity index (χ1) is 13.5. The lowest BCUT2D eigenvalue weighted by Gasteiger charge is -2.34. The summed E-state index contributed by atoms with van der Waals surface area (Å²) in [5, 5.41) is 9.75. The van der Waals surface area contributed by atoms with Crippen molar-refractivity contribution in [3.63, 3.8) is 0 Å². The second kappa shape index (κ2) is 8.79. The van der Waals surface area contributed by atoms with E-state index in [0.717, 1.165) is 59.1 Å². The maximum absolute atomic E-state index is 5.55. The number of hydrogen-bond donors (Lipinski definition) is 0. The van der Waals surface area contributed by atoms with Gasteiger partial charge in [-0.05, 0) is 26.2 Å². The van der Waals surface area contributed by atoms with Crippen LogP contribution in [0.2, 0.25) is 0 Å². The molecule has 2 aromatic rings. The number of hydrogen-bond acceptors (Lipinski definition) is 7. The highest BCUT2D eigenvalue weighted by molar-refractivity contribution is 8.13. The number of thioether (sulfide) groups is 1. The quantitative estimate of drug-likeness (QED) is 0.545. The number of nitrogens with zero attached hydrogens (tertiary/aromatic N) is 5. The normalized spacial score (nSPS) is 17.3. The van der Waals surface area contributed by atoms with Crippen molar-refractivity contribution in [2.75, 3.05) is 27.0 Å². The molecule has 8 heteroatoms. The van der Waals surface area contributed by atoms with E-state index in [1.165, 1.54) is 0 Å². The SMILES string of the molecule is C=C(C)N=C(SC)c1nnc2n1CCN(Cc1ccc(OC)cc1OC)[C@H]2C. The Hall–Kier alpha value is -2.32. The molecule has 1 aliphatic heterocycles. The van der Waals surface area contributed by atoms with Crippen LogP contribution in [0.5, 0.6) is 11.5 Å². The Labute approximate surface area is 170 Å². The van der Waals surface area contributed by atoms with Crippen LogP contribution in [-0.2, 0) is 13.1 Å². The number of aromatic nitrogens is 3. The van der Waals surface area contributed by atoms with Gasteiger partial charge in [0.25, 0.3) is 0 Å². The molecule has 0 amide bonds. The highest BCUT2D eigenvalue weighted by Gasteiger charge is 2.30. The van der Waals surface area contributed by atoms with Crippen molar-refractivity contribution in [1.82, 2.24) is 19.7 Å². The van der Waals surface area contributed by atoms with Crippen LogP contribution in [-0.4, -0.2) is 51.7 Å². The van der Waals surface area contributed by atoms with Crippen LogP contribution >= 0.6 is 11.8 Å². The van der Waals surface area contributed by atoms with Crippen LogP contribution in [0.3, 0.4) is 0 Å². The molecule has 1 aromatic heterocycles. The minimum absolute atomic E-state index is 0.134. The number of benzene rings is 1. The first-order valence-electron chi connectivity index (χ1n) is 9.15. The van der Waals surface area contributed by atoms with Gasteiger partial charge in [-0.15, -0.1) is 22.0 Å². The van der Waals surface area contributed by atoms with Crippen LogP contribution < -0.4 is 9.47 Å². The van der Waals surface area contributed by atoms with Gasteiger partial charge in [0, 0.05) is 37.0 Å². The van der Waals surface area contributed by atoms with Crippen molar-refractivity contribution in [1.29, 1.82) is 0 Å². The van der Waals surface area contributed by atoms with Gasteiger partial charge < -0.3 is 14.0 Å². The second-order valence-corrected chi connectivity index (χ2v) is 7.51. The van der Waals surface area contributed by atoms with Gasteiger partial charge in [-0.2, -0.15) is 0 Å². The molecule has 0 saturated carbocycles. The Morgan fingerprint density at radius 3 is 2.71 bits per heavy atom. The fourth-order valence-electron chi connectivity index (χ4n) is 3.37. The zero-order valence-electron chi connectivity index (χ0n) is 17.1. The molecule has 1 aliphatic rings. The molecular formula is C20H27N5O2S. The molecule has 0 aliphatic carbocycles. The molecule has 0 spiro atoms. The van der Waals surface area contributed by atoms with Crippen molar-refractivity contribution in [2.45, 2.75) is 33.0 Å². The smallest absolute Gasteiger partial charge is 0.189 e. The summed E-state index contributed by atoms with van der Waals surface area (Å²) in [6.07, 6.45) is 2.00. The van der Waals surface area contributed by atoms with Gasteiger partial charge in [-0.3, -0.25) is 4.90 Å². The largest absolute Gasteiger partial charge is 0.497 e. The van der Waals surface area contributed by atoms with E-state index in [2.05, 4.69) is 44.2 Å². The lowest BCUT2D eigenvalue weighted by molar-refractivity contribution is 0.154. The standard InChI is InChI=1S/C20H27N5O2S/c1-13(2)21-20(28-6)19-23-22-18-14(3)24(9-10-25(18)19)12-15-7-8-16(26-4)11-17(15)27-5/h7-8,11,14H,1,9-10,12H2,2-6H3/t14-/m0/s1. The van der Waals surface area contributed by atoms with E-state index < -0.39 is 0 Å². The summed E-state index contributed by atoms with van der Waals surface area (Å²) in [5.41, 5.74) is 1.88. The first-order valence-corrected chi connectivity index (χ1v) is 10.4. The average molecular weight is 402 g/mol. The highest BCUT2D eigenvalue weighted by Crippen LogP contribution is 2.31. The number of methoxy groups -OCH3 is 2. The molecule has 2 heterocycles. The van der Waals surface area contributed by atoms with Crippen LogP contribution in [0, 0.1) is 0 Å². The van der Waals surface area contributed by atoms with Crippen molar-refractivity contribution in [2.24, 2.45) is 4.99 Å². The number of aliphatic imine (C=N–C) groups is 1. The number of allylic oxidation sites excluding steroid dienone is 1. The summed E-state index contributed by atoms with van der Waals surface area (Å²) in [6.45, 7) is 10.4. The predicted octanol–water partition coefficient (Wildman–Crippen LogP) is 3.52. The van der Waals surface area contributed by atoms with Gasteiger partial charge in [0.2, 0.25) is 0 Å². The third-order valence-electron chi connectivity index (χ3n) is 4.86. The van der Waals surface area contributed by atoms with Gasteiger partial charge in [-0.25, -0.2) is 4.99 Å². The average Bonchev–Trinajstić information content (AvgIpc) is 3.13. The fourth-order valence-corrected chi connectivity index (χ4v) is 3.95. The van der Waals surface area contributed by atoms with Gasteiger partial charge >= 0.3 is 0 Å². The Kier molecular flexibility index (Phi) is 6.41. The Morgan fingerprint density at radius 2 is 2.07 bits per heavy atom. The third-order valence-corrected chi connectivity index (χ3v) is 5.52. The summed E-state index contributed by atoms with van der Waals surface area (Å²) in [7, 11) is 3.34. The molecule has 3 rings (SSSR count). The number of fused-ring (bicyclic) bond motifs is 1. The van der Waals surface area contributed by atoms with E-state index in [-0.39, 0.29) is 6.04 Å². The zero-order valence-corrected chi connectivity index (χ0v) is 17.9. The van der Waals surface area contributed by atoms with Crippen LogP contribution in [0.4, 0.5) is 0 Å². The van der Waals surface area contributed by atoms with E-state index in [0.29, 0.717) is 0 Å². The fraction of sp³-hybridized carbons (Fsp3) is 0.450.